The maximum atomic E-state index is 11.5. The van der Waals surface area contributed by atoms with E-state index in [9.17, 15) is 4.79 Å². The van der Waals surface area contributed by atoms with Crippen molar-refractivity contribution >= 4 is 13.3 Å². The van der Waals surface area contributed by atoms with Gasteiger partial charge in [0.05, 0.1) is 15.2 Å². The molecule has 4 heteroatoms. The molecule has 0 aliphatic carbocycles. The van der Waals surface area contributed by atoms with Crippen LogP contribution >= 0.6 is 0 Å². The zero-order chi connectivity index (χ0) is 10.1. The van der Waals surface area contributed by atoms with Crippen molar-refractivity contribution in [2.75, 3.05) is 7.11 Å². The summed E-state index contributed by atoms with van der Waals surface area (Å²) in [5.41, 5.74) is -0.0153. The van der Waals surface area contributed by atoms with Gasteiger partial charge in [-0.1, -0.05) is 19.6 Å². The van der Waals surface area contributed by atoms with Gasteiger partial charge in [0, 0.05) is 11.4 Å². The summed E-state index contributed by atoms with van der Waals surface area (Å²) in [6.45, 7) is 6.38. The lowest BCUT2D eigenvalue weighted by Gasteiger charge is -2.17. The maximum Gasteiger partial charge on any atom is 0.250 e. The van der Waals surface area contributed by atoms with Crippen LogP contribution in [-0.2, 0) is 0 Å². The van der Waals surface area contributed by atoms with Crippen LogP contribution in [0.25, 0.3) is 0 Å². The van der Waals surface area contributed by atoms with Gasteiger partial charge in [0.25, 0.3) is 5.56 Å². The SMILES string of the molecule is COc1cc[nH]c(=O)c1[Si](C)(C)C. The average Bonchev–Trinajstić information content (AvgIpc) is 2.01. The molecule has 1 aromatic rings. The van der Waals surface area contributed by atoms with E-state index in [1.807, 2.05) is 0 Å². The van der Waals surface area contributed by atoms with E-state index in [0.29, 0.717) is 5.75 Å². The number of rotatable bonds is 2. The van der Waals surface area contributed by atoms with Crippen LogP contribution in [0.3, 0.4) is 0 Å². The fraction of sp³-hybridized carbons (Fsp3) is 0.444. The summed E-state index contributed by atoms with van der Waals surface area (Å²) < 4.78 is 5.17. The summed E-state index contributed by atoms with van der Waals surface area (Å²) in [4.78, 5) is 14.2. The van der Waals surface area contributed by atoms with E-state index in [2.05, 4.69) is 24.6 Å². The van der Waals surface area contributed by atoms with Gasteiger partial charge in [0.15, 0.2) is 0 Å². The highest BCUT2D eigenvalue weighted by atomic mass is 28.3. The fourth-order valence-corrected chi connectivity index (χ4v) is 3.02. The number of H-pyrrole nitrogens is 1. The van der Waals surface area contributed by atoms with Crippen molar-refractivity contribution < 1.29 is 4.74 Å². The molecule has 1 aromatic heterocycles. The average molecular weight is 197 g/mol. The molecule has 0 bridgehead atoms. The largest absolute Gasteiger partial charge is 0.497 e. The molecule has 0 atom stereocenters. The molecule has 0 unspecified atom stereocenters. The molecule has 3 nitrogen and oxygen atoms in total. The summed E-state index contributed by atoms with van der Waals surface area (Å²) in [6.07, 6.45) is 1.62. The van der Waals surface area contributed by atoms with E-state index in [4.69, 9.17) is 4.74 Å². The molecule has 13 heavy (non-hydrogen) atoms. The van der Waals surface area contributed by atoms with Crippen molar-refractivity contribution in [3.63, 3.8) is 0 Å². The minimum Gasteiger partial charge on any atom is -0.497 e. The first-order valence-electron chi connectivity index (χ1n) is 4.23. The lowest BCUT2D eigenvalue weighted by molar-refractivity contribution is 0.417. The molecule has 0 spiro atoms. The third-order valence-corrected chi connectivity index (χ3v) is 3.87. The van der Waals surface area contributed by atoms with Crippen LogP contribution in [0.2, 0.25) is 19.6 Å². The van der Waals surface area contributed by atoms with Crippen LogP contribution in [0, 0.1) is 0 Å². The third kappa shape index (κ3) is 2.01. The minimum atomic E-state index is -1.61. The number of aromatic nitrogens is 1. The van der Waals surface area contributed by atoms with Crippen molar-refractivity contribution in [2.24, 2.45) is 0 Å². The summed E-state index contributed by atoms with van der Waals surface area (Å²) >= 11 is 0. The molecule has 0 saturated heterocycles. The second kappa shape index (κ2) is 3.37. The maximum absolute atomic E-state index is 11.5. The second-order valence-corrected chi connectivity index (χ2v) is 9.00. The Kier molecular flexibility index (Phi) is 2.61. The number of pyridine rings is 1. The molecule has 0 fully saturated rings. The number of aromatic amines is 1. The molecular formula is C9H15NO2Si. The number of nitrogens with one attached hydrogen (secondary N) is 1. The molecule has 1 heterocycles. The Labute approximate surface area is 78.8 Å². The summed E-state index contributed by atoms with van der Waals surface area (Å²) in [7, 11) is -0.0165. The van der Waals surface area contributed by atoms with Gasteiger partial charge in [0.2, 0.25) is 0 Å². The van der Waals surface area contributed by atoms with Crippen LogP contribution in [0.1, 0.15) is 0 Å². The van der Waals surface area contributed by atoms with Crippen LogP contribution < -0.4 is 15.5 Å². The molecule has 0 aliphatic rings. The zero-order valence-corrected chi connectivity index (χ0v) is 9.47. The highest BCUT2D eigenvalue weighted by molar-refractivity contribution is 6.89. The smallest absolute Gasteiger partial charge is 0.250 e. The van der Waals surface area contributed by atoms with E-state index >= 15 is 0 Å². The Morgan fingerprint density at radius 1 is 1.38 bits per heavy atom. The van der Waals surface area contributed by atoms with E-state index in [1.165, 1.54) is 0 Å². The van der Waals surface area contributed by atoms with Crippen LogP contribution in [-0.4, -0.2) is 20.2 Å². The molecule has 0 radical (unpaired) electrons. The molecule has 1 N–H and O–H groups in total. The zero-order valence-electron chi connectivity index (χ0n) is 8.47. The Hall–Kier alpha value is -1.03. The first kappa shape index (κ1) is 10.1. The molecule has 72 valence electrons. The molecule has 0 saturated carbocycles. The Bertz CT molecular complexity index is 351. The summed E-state index contributed by atoms with van der Waals surface area (Å²) in [5, 5.41) is 0.831. The Balaban J connectivity index is 3.41. The van der Waals surface area contributed by atoms with Gasteiger partial charge in [-0.05, 0) is 6.07 Å². The second-order valence-electron chi connectivity index (χ2n) is 4.00. The number of hydrogen-bond donors (Lipinski definition) is 1. The lowest BCUT2D eigenvalue weighted by atomic mass is 10.4. The van der Waals surface area contributed by atoms with Gasteiger partial charge >= 0.3 is 0 Å². The van der Waals surface area contributed by atoms with Crippen LogP contribution in [0.4, 0.5) is 0 Å². The number of methoxy groups -OCH3 is 1. The van der Waals surface area contributed by atoms with Crippen molar-refractivity contribution in [3.05, 3.63) is 22.6 Å². The summed E-state index contributed by atoms with van der Waals surface area (Å²) in [5.74, 6) is 0.711. The number of ether oxygens (including phenoxy) is 1. The quantitative estimate of drug-likeness (QED) is 0.717. The van der Waals surface area contributed by atoms with E-state index < -0.39 is 8.07 Å². The summed E-state index contributed by atoms with van der Waals surface area (Å²) in [6, 6.07) is 1.80. The predicted molar refractivity (Wildman–Crippen MR) is 56.6 cm³/mol. The fourth-order valence-electron chi connectivity index (χ4n) is 1.34. The van der Waals surface area contributed by atoms with Crippen molar-refractivity contribution in [1.82, 2.24) is 4.98 Å². The number of hydrogen-bond acceptors (Lipinski definition) is 2. The van der Waals surface area contributed by atoms with Gasteiger partial charge in [-0.2, -0.15) is 0 Å². The topological polar surface area (TPSA) is 42.1 Å². The molecule has 0 aliphatic heterocycles. The minimum absolute atomic E-state index is 0.0153. The first-order valence-corrected chi connectivity index (χ1v) is 7.73. The standard InChI is InChI=1S/C9H15NO2Si/c1-12-7-5-6-10-9(11)8(7)13(2,3)4/h5-6H,1-4H3,(H,10,11). The lowest BCUT2D eigenvalue weighted by Crippen LogP contribution is -2.48. The van der Waals surface area contributed by atoms with Gasteiger partial charge < -0.3 is 9.72 Å². The first-order chi connectivity index (χ1) is 5.96. The predicted octanol–water partition coefficient (Wildman–Crippen LogP) is 0.929. The van der Waals surface area contributed by atoms with E-state index in [-0.39, 0.29) is 5.56 Å². The van der Waals surface area contributed by atoms with Crippen molar-refractivity contribution in [1.29, 1.82) is 0 Å². The monoisotopic (exact) mass is 197 g/mol. The molecule has 0 aromatic carbocycles. The van der Waals surface area contributed by atoms with Gasteiger partial charge in [-0.25, -0.2) is 0 Å². The van der Waals surface area contributed by atoms with Gasteiger partial charge in [-0.3, -0.25) is 4.79 Å². The van der Waals surface area contributed by atoms with Crippen molar-refractivity contribution in [2.45, 2.75) is 19.6 Å². The Morgan fingerprint density at radius 3 is 2.38 bits per heavy atom. The van der Waals surface area contributed by atoms with Gasteiger partial charge in [-0.15, -0.1) is 0 Å². The van der Waals surface area contributed by atoms with E-state index in [0.717, 1.165) is 5.19 Å². The molecular weight excluding hydrogens is 182 g/mol. The van der Waals surface area contributed by atoms with E-state index in [1.54, 1.807) is 19.4 Å². The highest BCUT2D eigenvalue weighted by Crippen LogP contribution is 2.09. The van der Waals surface area contributed by atoms with Crippen LogP contribution in [0.15, 0.2) is 17.1 Å². The highest BCUT2D eigenvalue weighted by Gasteiger charge is 2.24. The van der Waals surface area contributed by atoms with Gasteiger partial charge in [0.1, 0.15) is 5.75 Å². The molecule has 0 amide bonds. The third-order valence-electron chi connectivity index (χ3n) is 1.89. The van der Waals surface area contributed by atoms with Crippen LogP contribution in [0.5, 0.6) is 5.75 Å². The van der Waals surface area contributed by atoms with Crippen molar-refractivity contribution in [3.8, 4) is 5.75 Å². The normalized spacial score (nSPS) is 11.4. The molecule has 1 rings (SSSR count). The Morgan fingerprint density at radius 2 is 2.00 bits per heavy atom.